The first-order valence-electron chi connectivity index (χ1n) is 18.6. The Kier molecular flexibility index (Phi) is 15.5. The van der Waals surface area contributed by atoms with E-state index in [1.165, 1.54) is 0 Å². The van der Waals surface area contributed by atoms with Gasteiger partial charge in [0, 0.05) is 31.8 Å². The maximum absolute atomic E-state index is 13.5. The van der Waals surface area contributed by atoms with Crippen molar-refractivity contribution < 1.29 is 33.4 Å². The van der Waals surface area contributed by atoms with E-state index in [2.05, 4.69) is 31.2 Å². The van der Waals surface area contributed by atoms with Crippen molar-refractivity contribution in [2.24, 2.45) is 0 Å². The van der Waals surface area contributed by atoms with Crippen LogP contribution < -0.4 is 21.3 Å². The molecule has 3 aromatic carbocycles. The first-order chi connectivity index (χ1) is 27.5. The second-order valence-electron chi connectivity index (χ2n) is 14.3. The Bertz CT molecular complexity index is 2010. The second-order valence-corrected chi connectivity index (χ2v) is 14.3. The fourth-order valence-corrected chi connectivity index (χ4v) is 5.58. The van der Waals surface area contributed by atoms with Gasteiger partial charge in [-0.2, -0.15) is 0 Å². The van der Waals surface area contributed by atoms with Crippen molar-refractivity contribution in [3.63, 3.8) is 0 Å². The lowest BCUT2D eigenvalue weighted by Gasteiger charge is -2.23. The predicted molar refractivity (Wildman–Crippen MR) is 211 cm³/mol. The molecule has 15 nitrogen and oxygen atoms in total. The minimum atomic E-state index is -1.14. The number of aromatic nitrogens is 4. The van der Waals surface area contributed by atoms with Crippen LogP contribution in [0.4, 0.5) is 4.79 Å². The molecule has 15 heteroatoms. The molecule has 0 bridgehead atoms. The van der Waals surface area contributed by atoms with Crippen LogP contribution in [0.1, 0.15) is 48.8 Å². The number of hydrogen-bond donors (Lipinski definition) is 4. The maximum atomic E-state index is 13.5. The van der Waals surface area contributed by atoms with Crippen LogP contribution in [0.5, 0.6) is 0 Å². The van der Waals surface area contributed by atoms with E-state index in [1.807, 2.05) is 91.0 Å². The van der Waals surface area contributed by atoms with Crippen LogP contribution in [-0.4, -0.2) is 67.1 Å². The molecule has 0 aliphatic heterocycles. The summed E-state index contributed by atoms with van der Waals surface area (Å²) < 4.78 is 20.5. The van der Waals surface area contributed by atoms with Gasteiger partial charge < -0.3 is 44.6 Å². The van der Waals surface area contributed by atoms with Gasteiger partial charge in [0.25, 0.3) is 0 Å². The number of alkyl carbamates (subject to hydrolysis) is 1. The van der Waals surface area contributed by atoms with Crippen molar-refractivity contribution in [1.82, 2.24) is 40.4 Å². The van der Waals surface area contributed by atoms with Crippen molar-refractivity contribution in [2.75, 3.05) is 6.54 Å². The zero-order valence-electron chi connectivity index (χ0n) is 32.4. The molecular weight excluding hydrogens is 729 g/mol. The molecule has 0 saturated heterocycles. The van der Waals surface area contributed by atoms with Crippen LogP contribution in [-0.2, 0) is 74.7 Å². The topological polar surface area (TPSA) is 180 Å². The molecule has 0 aliphatic rings. The summed E-state index contributed by atoms with van der Waals surface area (Å²) in [5.41, 5.74) is 3.18. The van der Waals surface area contributed by atoms with E-state index in [-0.39, 0.29) is 32.8 Å². The number of imidazole rings is 2. The molecule has 5 rings (SSSR count). The molecule has 0 fully saturated rings. The largest absolute Gasteiger partial charge is 0.444 e. The molecule has 0 spiro atoms. The molecular formula is C42H50N8O7. The Labute approximate surface area is 332 Å². The van der Waals surface area contributed by atoms with Gasteiger partial charge in [-0.3, -0.25) is 14.4 Å². The monoisotopic (exact) mass is 778 g/mol. The molecule has 0 radical (unpaired) electrons. The highest BCUT2D eigenvalue weighted by molar-refractivity contribution is 5.92. The first kappa shape index (κ1) is 41.8. The van der Waals surface area contributed by atoms with Gasteiger partial charge in [0.05, 0.1) is 43.8 Å². The van der Waals surface area contributed by atoms with Gasteiger partial charge in [-0.15, -0.1) is 0 Å². The van der Waals surface area contributed by atoms with Gasteiger partial charge in [0.1, 0.15) is 31.1 Å². The first-order valence-corrected chi connectivity index (χ1v) is 18.6. The van der Waals surface area contributed by atoms with Gasteiger partial charge in [-0.1, -0.05) is 91.0 Å². The van der Waals surface area contributed by atoms with Gasteiger partial charge in [-0.05, 0) is 37.5 Å². The molecule has 57 heavy (non-hydrogen) atoms. The molecule has 2 unspecified atom stereocenters. The van der Waals surface area contributed by atoms with Crippen LogP contribution in [0.25, 0.3) is 0 Å². The van der Waals surface area contributed by atoms with E-state index in [4.69, 9.17) is 14.2 Å². The summed E-state index contributed by atoms with van der Waals surface area (Å²) in [6.45, 7) is 6.19. The lowest BCUT2D eigenvalue weighted by Crippen LogP contribution is -2.53. The Hall–Kier alpha value is -6.32. The summed E-state index contributed by atoms with van der Waals surface area (Å²) in [5.74, 6) is -1.70. The third-order valence-electron chi connectivity index (χ3n) is 8.30. The van der Waals surface area contributed by atoms with Crippen molar-refractivity contribution in [2.45, 2.75) is 84.5 Å². The Morgan fingerprint density at radius 3 is 1.58 bits per heavy atom. The summed E-state index contributed by atoms with van der Waals surface area (Å²) in [6, 6.07) is 26.7. The van der Waals surface area contributed by atoms with Crippen molar-refractivity contribution in [3.05, 3.63) is 144 Å². The average Bonchev–Trinajstić information content (AvgIpc) is 3.85. The summed E-state index contributed by atoms with van der Waals surface area (Å²) in [4.78, 5) is 61.9. The number of amides is 4. The summed E-state index contributed by atoms with van der Waals surface area (Å²) in [6.07, 6.45) is 5.90. The van der Waals surface area contributed by atoms with Crippen LogP contribution in [0.15, 0.2) is 116 Å². The Morgan fingerprint density at radius 2 is 1.09 bits per heavy atom. The minimum Gasteiger partial charge on any atom is -0.444 e. The van der Waals surface area contributed by atoms with Gasteiger partial charge >= 0.3 is 6.09 Å². The fourth-order valence-electron chi connectivity index (χ4n) is 5.58. The number of nitrogens with one attached hydrogen (secondary N) is 4. The molecule has 2 aromatic heterocycles. The number of carbonyl (C=O) groups excluding carboxylic acids is 4. The zero-order valence-corrected chi connectivity index (χ0v) is 32.4. The molecule has 300 valence electrons. The smallest absolute Gasteiger partial charge is 0.408 e. The van der Waals surface area contributed by atoms with Crippen LogP contribution in [0.3, 0.4) is 0 Å². The standard InChI is InChI=1S/C42H50N8O7/c1-42(2,3)57-41(54)48-37(20-35-24-50(28-46-35)30-56-26-33-17-11-6-12-18-33)40(53)44-22-38(51)47-36(39(52)43-21-31-13-7-4-8-14-31)19-34-23-49(27-45-34)29-55-25-32-15-9-5-10-16-32/h4-18,23-24,27-28,36-37H,19-22,25-26,29-30H2,1-3H3,(H,43,52)(H,44,53)(H,47,51)(H,48,54). The molecule has 4 N–H and O–H groups in total. The normalized spacial score (nSPS) is 12.3. The molecule has 4 amide bonds. The Morgan fingerprint density at radius 1 is 0.632 bits per heavy atom. The number of benzene rings is 3. The molecule has 5 aromatic rings. The maximum Gasteiger partial charge on any atom is 0.408 e. The zero-order chi connectivity index (χ0) is 40.5. The van der Waals surface area contributed by atoms with Crippen molar-refractivity contribution >= 4 is 23.8 Å². The van der Waals surface area contributed by atoms with Gasteiger partial charge in [0.15, 0.2) is 0 Å². The highest BCUT2D eigenvalue weighted by atomic mass is 16.6. The van der Waals surface area contributed by atoms with E-state index >= 15 is 0 Å². The fraction of sp³-hybridized carbons (Fsp3) is 0.333. The van der Waals surface area contributed by atoms with E-state index in [1.54, 1.807) is 55.0 Å². The summed E-state index contributed by atoms with van der Waals surface area (Å²) in [5, 5.41) is 10.8. The third kappa shape index (κ3) is 15.0. The Balaban J connectivity index is 1.19. The number of hydrogen-bond acceptors (Lipinski definition) is 9. The second kappa shape index (κ2) is 21.1. The molecule has 2 atom stereocenters. The van der Waals surface area contributed by atoms with Crippen molar-refractivity contribution in [3.8, 4) is 0 Å². The highest BCUT2D eigenvalue weighted by Crippen LogP contribution is 2.10. The number of ether oxygens (including phenoxy) is 3. The van der Waals surface area contributed by atoms with Crippen LogP contribution in [0.2, 0.25) is 0 Å². The average molecular weight is 779 g/mol. The van der Waals surface area contributed by atoms with Crippen LogP contribution >= 0.6 is 0 Å². The molecule has 2 heterocycles. The predicted octanol–water partition coefficient (Wildman–Crippen LogP) is 4.02. The summed E-state index contributed by atoms with van der Waals surface area (Å²) >= 11 is 0. The lowest BCUT2D eigenvalue weighted by atomic mass is 10.1. The number of nitrogens with zero attached hydrogens (tertiary/aromatic N) is 4. The molecule has 0 saturated carbocycles. The van der Waals surface area contributed by atoms with Crippen molar-refractivity contribution in [1.29, 1.82) is 0 Å². The van der Waals surface area contributed by atoms with E-state index in [0.717, 1.165) is 16.7 Å². The highest BCUT2D eigenvalue weighted by Gasteiger charge is 2.27. The van der Waals surface area contributed by atoms with E-state index in [0.29, 0.717) is 24.6 Å². The number of carbonyl (C=O) groups is 4. The molecule has 0 aliphatic carbocycles. The summed E-state index contributed by atoms with van der Waals surface area (Å²) in [7, 11) is 0. The van der Waals surface area contributed by atoms with E-state index < -0.39 is 48.0 Å². The van der Waals surface area contributed by atoms with Gasteiger partial charge in [0.2, 0.25) is 17.7 Å². The minimum absolute atomic E-state index is 0.000614. The van der Waals surface area contributed by atoms with Gasteiger partial charge in [-0.25, -0.2) is 14.8 Å². The van der Waals surface area contributed by atoms with Crippen LogP contribution in [0, 0.1) is 0 Å². The lowest BCUT2D eigenvalue weighted by molar-refractivity contribution is -0.130. The quantitative estimate of drug-likeness (QED) is 0.0908. The SMILES string of the molecule is CC(C)(C)OC(=O)NC(Cc1cn(COCc2ccccc2)cn1)C(=O)NCC(=O)NC(Cc1cn(COCc2ccccc2)cn1)C(=O)NCc1ccccc1. The number of rotatable bonds is 20. The third-order valence-corrected chi connectivity index (χ3v) is 8.30. The van der Waals surface area contributed by atoms with E-state index in [9.17, 15) is 19.2 Å².